The SMILES string of the molecule is Fc1ccc(F)c([C@@H]2CN2)c1Cl. The van der Waals surface area contributed by atoms with E-state index in [9.17, 15) is 8.78 Å². The van der Waals surface area contributed by atoms with E-state index in [1.165, 1.54) is 0 Å². The van der Waals surface area contributed by atoms with E-state index in [0.29, 0.717) is 6.54 Å². The molecule has 0 aromatic heterocycles. The summed E-state index contributed by atoms with van der Waals surface area (Å²) in [6, 6.07) is 2.02. The summed E-state index contributed by atoms with van der Waals surface area (Å²) in [6.07, 6.45) is 0. The molecule has 1 atom stereocenters. The fraction of sp³-hybridized carbons (Fsp3) is 0.250. The summed E-state index contributed by atoms with van der Waals surface area (Å²) >= 11 is 5.58. The summed E-state index contributed by atoms with van der Waals surface area (Å²) in [5.74, 6) is -1.02. The van der Waals surface area contributed by atoms with E-state index in [1.54, 1.807) is 0 Å². The molecule has 1 aromatic rings. The largest absolute Gasteiger partial charge is 0.307 e. The maximum absolute atomic E-state index is 13.0. The lowest BCUT2D eigenvalue weighted by atomic mass is 10.1. The monoisotopic (exact) mass is 189 g/mol. The zero-order valence-corrected chi connectivity index (χ0v) is 6.83. The topological polar surface area (TPSA) is 21.9 Å². The Balaban J connectivity index is 2.55. The zero-order valence-electron chi connectivity index (χ0n) is 6.07. The molecule has 12 heavy (non-hydrogen) atoms. The standard InChI is InChI=1S/C8H6ClF2N/c9-8-5(11)2-1-4(10)7(8)6-3-12-6/h1-2,6,12H,3H2/t6-/m0/s1. The summed E-state index contributed by atoms with van der Waals surface area (Å²) in [4.78, 5) is 0. The van der Waals surface area contributed by atoms with Gasteiger partial charge in [-0.15, -0.1) is 0 Å². The minimum Gasteiger partial charge on any atom is -0.307 e. The molecule has 0 amide bonds. The zero-order chi connectivity index (χ0) is 8.72. The molecule has 0 radical (unpaired) electrons. The van der Waals surface area contributed by atoms with Crippen LogP contribution in [0.15, 0.2) is 12.1 Å². The van der Waals surface area contributed by atoms with E-state index < -0.39 is 11.6 Å². The Morgan fingerprint density at radius 3 is 2.50 bits per heavy atom. The highest BCUT2D eigenvalue weighted by Gasteiger charge is 2.29. The summed E-state index contributed by atoms with van der Waals surface area (Å²) in [7, 11) is 0. The first-order chi connectivity index (χ1) is 5.70. The van der Waals surface area contributed by atoms with Crippen molar-refractivity contribution in [2.24, 2.45) is 0 Å². The molecule has 0 aliphatic carbocycles. The number of nitrogens with one attached hydrogen (secondary N) is 1. The van der Waals surface area contributed by atoms with Crippen molar-refractivity contribution in [3.8, 4) is 0 Å². The Hall–Kier alpha value is -0.670. The second-order valence-electron chi connectivity index (χ2n) is 2.72. The summed E-state index contributed by atoms with van der Waals surface area (Å²) in [5, 5.41) is 2.76. The lowest BCUT2D eigenvalue weighted by molar-refractivity contribution is 0.585. The van der Waals surface area contributed by atoms with Gasteiger partial charge in [-0.05, 0) is 12.1 Å². The predicted octanol–water partition coefficient (Wildman–Crippen LogP) is 2.26. The van der Waals surface area contributed by atoms with Crippen molar-refractivity contribution in [1.29, 1.82) is 0 Å². The van der Waals surface area contributed by atoms with Crippen molar-refractivity contribution in [3.05, 3.63) is 34.4 Å². The van der Waals surface area contributed by atoms with E-state index in [-0.39, 0.29) is 16.6 Å². The maximum atomic E-state index is 13.0. The Labute approximate surface area is 73.3 Å². The Kier molecular flexibility index (Phi) is 1.77. The van der Waals surface area contributed by atoms with Crippen molar-refractivity contribution >= 4 is 11.6 Å². The third-order valence-corrected chi connectivity index (χ3v) is 2.22. The summed E-state index contributed by atoms with van der Waals surface area (Å²) in [5.41, 5.74) is 0.247. The molecule has 4 heteroatoms. The second kappa shape index (κ2) is 2.68. The van der Waals surface area contributed by atoms with Crippen LogP contribution in [0.25, 0.3) is 0 Å². The highest BCUT2D eigenvalue weighted by Crippen LogP contribution is 2.32. The minimum absolute atomic E-state index is 0.104. The van der Waals surface area contributed by atoms with Gasteiger partial charge in [-0.1, -0.05) is 11.6 Å². The second-order valence-corrected chi connectivity index (χ2v) is 3.10. The van der Waals surface area contributed by atoms with Gasteiger partial charge in [0.25, 0.3) is 0 Å². The Bertz CT molecular complexity index is 323. The summed E-state index contributed by atoms with van der Waals surface area (Å²) in [6.45, 7) is 0.667. The van der Waals surface area contributed by atoms with Gasteiger partial charge in [-0.2, -0.15) is 0 Å². The van der Waals surface area contributed by atoms with Crippen LogP contribution in [0.4, 0.5) is 8.78 Å². The van der Waals surface area contributed by atoms with Crippen LogP contribution in [0.5, 0.6) is 0 Å². The van der Waals surface area contributed by atoms with Gasteiger partial charge >= 0.3 is 0 Å². The van der Waals surface area contributed by atoms with Gasteiger partial charge in [-0.25, -0.2) is 8.78 Å². The van der Waals surface area contributed by atoms with E-state index in [4.69, 9.17) is 11.6 Å². The van der Waals surface area contributed by atoms with Gasteiger partial charge < -0.3 is 5.32 Å². The molecule has 1 aliphatic heterocycles. The third-order valence-electron chi connectivity index (χ3n) is 1.84. The highest BCUT2D eigenvalue weighted by atomic mass is 35.5. The van der Waals surface area contributed by atoms with E-state index in [1.807, 2.05) is 0 Å². The van der Waals surface area contributed by atoms with Crippen molar-refractivity contribution in [1.82, 2.24) is 5.32 Å². The average molecular weight is 190 g/mol. The average Bonchev–Trinajstić information content (AvgIpc) is 2.81. The fourth-order valence-electron chi connectivity index (χ4n) is 1.13. The van der Waals surface area contributed by atoms with Gasteiger partial charge in [0.15, 0.2) is 0 Å². The molecule has 1 aromatic carbocycles. The molecule has 1 nitrogen and oxygen atoms in total. The molecule has 1 fully saturated rings. The number of halogens is 3. The molecule has 1 N–H and O–H groups in total. The van der Waals surface area contributed by atoms with Crippen LogP contribution in [-0.4, -0.2) is 6.54 Å². The van der Waals surface area contributed by atoms with Crippen LogP contribution < -0.4 is 5.32 Å². The first-order valence-electron chi connectivity index (χ1n) is 3.57. The quantitative estimate of drug-likeness (QED) is 0.531. The molecule has 1 heterocycles. The molecular weight excluding hydrogens is 184 g/mol. The number of rotatable bonds is 1. The van der Waals surface area contributed by atoms with Gasteiger partial charge in [-0.3, -0.25) is 0 Å². The molecule has 1 saturated heterocycles. The molecule has 2 rings (SSSR count). The molecule has 0 unspecified atom stereocenters. The molecule has 64 valence electrons. The number of hydrogen-bond donors (Lipinski definition) is 1. The predicted molar refractivity (Wildman–Crippen MR) is 42.1 cm³/mol. The van der Waals surface area contributed by atoms with Crippen molar-refractivity contribution in [2.75, 3.05) is 6.54 Å². The first-order valence-corrected chi connectivity index (χ1v) is 3.94. The highest BCUT2D eigenvalue weighted by molar-refractivity contribution is 6.31. The van der Waals surface area contributed by atoms with Gasteiger partial charge in [0.2, 0.25) is 0 Å². The first kappa shape index (κ1) is 7.95. The maximum Gasteiger partial charge on any atom is 0.142 e. The minimum atomic E-state index is -0.568. The fourth-order valence-corrected chi connectivity index (χ4v) is 1.41. The third kappa shape index (κ3) is 1.19. The van der Waals surface area contributed by atoms with Gasteiger partial charge in [0.05, 0.1) is 5.02 Å². The van der Waals surface area contributed by atoms with E-state index in [2.05, 4.69) is 5.32 Å². The number of hydrogen-bond acceptors (Lipinski definition) is 1. The van der Waals surface area contributed by atoms with Crippen LogP contribution in [0.3, 0.4) is 0 Å². The van der Waals surface area contributed by atoms with Crippen LogP contribution in [-0.2, 0) is 0 Å². The van der Waals surface area contributed by atoms with Crippen LogP contribution >= 0.6 is 11.6 Å². The van der Waals surface area contributed by atoms with Gasteiger partial charge in [0.1, 0.15) is 11.6 Å². The lowest BCUT2D eigenvalue weighted by Gasteiger charge is -2.03. The lowest BCUT2D eigenvalue weighted by Crippen LogP contribution is -1.94. The van der Waals surface area contributed by atoms with Crippen molar-refractivity contribution in [2.45, 2.75) is 6.04 Å². The smallest absolute Gasteiger partial charge is 0.142 e. The Morgan fingerprint density at radius 1 is 1.33 bits per heavy atom. The molecule has 0 spiro atoms. The van der Waals surface area contributed by atoms with Crippen LogP contribution in [0.2, 0.25) is 5.02 Å². The van der Waals surface area contributed by atoms with Crippen LogP contribution in [0, 0.1) is 11.6 Å². The van der Waals surface area contributed by atoms with E-state index >= 15 is 0 Å². The van der Waals surface area contributed by atoms with Crippen molar-refractivity contribution in [3.63, 3.8) is 0 Å². The molecular formula is C8H6ClF2N. The van der Waals surface area contributed by atoms with Crippen molar-refractivity contribution < 1.29 is 8.78 Å². The molecule has 0 bridgehead atoms. The molecule has 1 aliphatic rings. The normalized spacial score (nSPS) is 21.1. The van der Waals surface area contributed by atoms with E-state index in [0.717, 1.165) is 12.1 Å². The molecule has 0 saturated carbocycles. The van der Waals surface area contributed by atoms with Gasteiger partial charge in [0, 0.05) is 18.2 Å². The Morgan fingerprint density at radius 2 is 1.92 bits per heavy atom. The van der Waals surface area contributed by atoms with Crippen LogP contribution in [0.1, 0.15) is 11.6 Å². The summed E-state index contributed by atoms with van der Waals surface area (Å²) < 4.78 is 25.9. The number of benzene rings is 1.